The first kappa shape index (κ1) is 16.4. The van der Waals surface area contributed by atoms with E-state index in [0.717, 1.165) is 4.90 Å². The van der Waals surface area contributed by atoms with Gasteiger partial charge in [-0.1, -0.05) is 25.4 Å². The minimum absolute atomic E-state index is 0.0161. The van der Waals surface area contributed by atoms with Crippen LogP contribution in [0, 0.1) is 17.6 Å². The largest absolute Gasteiger partial charge is 0.480 e. The minimum Gasteiger partial charge on any atom is -0.480 e. The van der Waals surface area contributed by atoms with Crippen LogP contribution in [-0.2, 0) is 4.79 Å². The first-order valence-corrected chi connectivity index (χ1v) is 6.25. The highest BCUT2D eigenvalue weighted by atomic mass is 35.5. The van der Waals surface area contributed by atoms with Gasteiger partial charge in [0.25, 0.3) is 5.91 Å². The van der Waals surface area contributed by atoms with Crippen LogP contribution in [0.2, 0.25) is 5.02 Å². The third-order valence-corrected chi connectivity index (χ3v) is 2.75. The standard InChI is InChI=1S/C13H14ClF2NO3/c1-7(2)5-17(6-12(18)19)13(20)8-3-10(15)11(16)4-9(8)14/h3-4,7H,5-6H2,1-2H3,(H,18,19). The van der Waals surface area contributed by atoms with E-state index < -0.39 is 30.1 Å². The summed E-state index contributed by atoms with van der Waals surface area (Å²) in [7, 11) is 0. The van der Waals surface area contributed by atoms with Gasteiger partial charge in [0.15, 0.2) is 11.6 Å². The van der Waals surface area contributed by atoms with Crippen LogP contribution in [0.1, 0.15) is 24.2 Å². The molecule has 110 valence electrons. The second-order valence-electron chi connectivity index (χ2n) is 4.72. The molecule has 1 rings (SSSR count). The van der Waals surface area contributed by atoms with Crippen LogP contribution < -0.4 is 0 Å². The summed E-state index contributed by atoms with van der Waals surface area (Å²) >= 11 is 5.71. The second kappa shape index (κ2) is 6.65. The van der Waals surface area contributed by atoms with Crippen molar-refractivity contribution in [1.29, 1.82) is 0 Å². The molecule has 0 saturated carbocycles. The van der Waals surface area contributed by atoms with E-state index in [-0.39, 0.29) is 23.0 Å². The molecule has 0 aliphatic carbocycles. The summed E-state index contributed by atoms with van der Waals surface area (Å²) in [5.41, 5.74) is -0.257. The van der Waals surface area contributed by atoms with E-state index in [1.807, 2.05) is 0 Å². The zero-order valence-corrected chi connectivity index (χ0v) is 11.7. The molecule has 20 heavy (non-hydrogen) atoms. The molecule has 1 N–H and O–H groups in total. The first-order chi connectivity index (χ1) is 9.22. The molecule has 1 aromatic rings. The Morgan fingerprint density at radius 2 is 1.85 bits per heavy atom. The number of carboxylic acids is 1. The summed E-state index contributed by atoms with van der Waals surface area (Å²) in [5, 5.41) is 8.54. The normalized spacial score (nSPS) is 10.7. The zero-order valence-electron chi connectivity index (χ0n) is 11.0. The quantitative estimate of drug-likeness (QED) is 0.851. The van der Waals surface area contributed by atoms with Gasteiger partial charge in [-0.3, -0.25) is 9.59 Å². The third kappa shape index (κ3) is 4.16. The Morgan fingerprint density at radius 1 is 1.30 bits per heavy atom. The SMILES string of the molecule is CC(C)CN(CC(=O)O)C(=O)c1cc(F)c(F)cc1Cl. The van der Waals surface area contributed by atoms with Crippen molar-refractivity contribution in [2.45, 2.75) is 13.8 Å². The first-order valence-electron chi connectivity index (χ1n) is 5.88. The summed E-state index contributed by atoms with van der Waals surface area (Å²) in [6.07, 6.45) is 0. The van der Waals surface area contributed by atoms with Gasteiger partial charge in [0.1, 0.15) is 6.54 Å². The van der Waals surface area contributed by atoms with Crippen molar-refractivity contribution < 1.29 is 23.5 Å². The smallest absolute Gasteiger partial charge is 0.323 e. The molecule has 0 aliphatic rings. The Kier molecular flexibility index (Phi) is 5.44. The highest BCUT2D eigenvalue weighted by Crippen LogP contribution is 2.22. The lowest BCUT2D eigenvalue weighted by atomic mass is 10.1. The predicted molar refractivity (Wildman–Crippen MR) is 69.7 cm³/mol. The molecule has 4 nitrogen and oxygen atoms in total. The fraction of sp³-hybridized carbons (Fsp3) is 0.385. The number of benzene rings is 1. The van der Waals surface area contributed by atoms with E-state index >= 15 is 0 Å². The summed E-state index contributed by atoms with van der Waals surface area (Å²) in [6.45, 7) is 3.23. The van der Waals surface area contributed by atoms with Crippen molar-refractivity contribution in [3.05, 3.63) is 34.4 Å². The average Bonchev–Trinajstić information content (AvgIpc) is 2.31. The van der Waals surface area contributed by atoms with Crippen LogP contribution in [0.25, 0.3) is 0 Å². The number of hydrogen-bond donors (Lipinski definition) is 1. The highest BCUT2D eigenvalue weighted by molar-refractivity contribution is 6.33. The van der Waals surface area contributed by atoms with Crippen LogP contribution in [0.4, 0.5) is 8.78 Å². The summed E-state index contributed by atoms with van der Waals surface area (Å²) in [6, 6.07) is 1.37. The zero-order chi connectivity index (χ0) is 15.4. The predicted octanol–water partition coefficient (Wildman–Crippen LogP) is 2.80. The van der Waals surface area contributed by atoms with E-state index in [9.17, 15) is 18.4 Å². The van der Waals surface area contributed by atoms with Crippen molar-refractivity contribution in [2.75, 3.05) is 13.1 Å². The number of amides is 1. The Hall–Kier alpha value is -1.69. The van der Waals surface area contributed by atoms with Crippen LogP contribution in [0.15, 0.2) is 12.1 Å². The van der Waals surface area contributed by atoms with Gasteiger partial charge in [-0.2, -0.15) is 0 Å². The Bertz CT molecular complexity index is 535. The monoisotopic (exact) mass is 305 g/mol. The van der Waals surface area contributed by atoms with Gasteiger partial charge in [0.2, 0.25) is 0 Å². The molecule has 0 aliphatic heterocycles. The summed E-state index contributed by atoms with van der Waals surface area (Å²) < 4.78 is 26.2. The van der Waals surface area contributed by atoms with Crippen molar-refractivity contribution in [2.24, 2.45) is 5.92 Å². The maximum atomic E-state index is 13.2. The molecule has 0 aromatic heterocycles. The molecule has 0 fully saturated rings. The lowest BCUT2D eigenvalue weighted by Gasteiger charge is -2.23. The van der Waals surface area contributed by atoms with Crippen LogP contribution in [0.5, 0.6) is 0 Å². The van der Waals surface area contributed by atoms with Crippen molar-refractivity contribution in [1.82, 2.24) is 4.90 Å². The number of aliphatic carboxylic acids is 1. The van der Waals surface area contributed by atoms with Crippen molar-refractivity contribution in [3.8, 4) is 0 Å². The number of nitrogens with zero attached hydrogens (tertiary/aromatic N) is 1. The maximum absolute atomic E-state index is 13.2. The number of carbonyl (C=O) groups is 2. The highest BCUT2D eigenvalue weighted by Gasteiger charge is 2.23. The number of halogens is 3. The molecule has 0 unspecified atom stereocenters. The Morgan fingerprint density at radius 3 is 2.35 bits per heavy atom. The molecular weight excluding hydrogens is 292 g/mol. The minimum atomic E-state index is -1.21. The maximum Gasteiger partial charge on any atom is 0.323 e. The molecule has 1 aromatic carbocycles. The number of rotatable bonds is 5. The second-order valence-corrected chi connectivity index (χ2v) is 5.13. The lowest BCUT2D eigenvalue weighted by Crippen LogP contribution is -2.38. The van der Waals surface area contributed by atoms with E-state index in [2.05, 4.69) is 0 Å². The van der Waals surface area contributed by atoms with E-state index in [0.29, 0.717) is 12.1 Å². The lowest BCUT2D eigenvalue weighted by molar-refractivity contribution is -0.137. The van der Waals surface area contributed by atoms with E-state index in [1.165, 1.54) is 0 Å². The van der Waals surface area contributed by atoms with Gasteiger partial charge in [-0.15, -0.1) is 0 Å². The van der Waals surface area contributed by atoms with Gasteiger partial charge in [-0.05, 0) is 18.1 Å². The Balaban J connectivity index is 3.11. The molecule has 0 heterocycles. The van der Waals surface area contributed by atoms with Crippen LogP contribution in [0.3, 0.4) is 0 Å². The van der Waals surface area contributed by atoms with Crippen molar-refractivity contribution in [3.63, 3.8) is 0 Å². The molecule has 0 radical (unpaired) electrons. The molecule has 1 amide bonds. The van der Waals surface area contributed by atoms with E-state index in [4.69, 9.17) is 16.7 Å². The molecule has 7 heteroatoms. The number of hydrogen-bond acceptors (Lipinski definition) is 2. The average molecular weight is 306 g/mol. The topological polar surface area (TPSA) is 57.6 Å². The Labute approximate surface area is 119 Å². The fourth-order valence-electron chi connectivity index (χ4n) is 1.68. The van der Waals surface area contributed by atoms with Crippen molar-refractivity contribution >= 4 is 23.5 Å². The fourth-order valence-corrected chi connectivity index (χ4v) is 1.91. The van der Waals surface area contributed by atoms with Gasteiger partial charge in [-0.25, -0.2) is 8.78 Å². The van der Waals surface area contributed by atoms with Crippen LogP contribution in [-0.4, -0.2) is 35.0 Å². The molecular formula is C13H14ClF2NO3. The summed E-state index contributed by atoms with van der Waals surface area (Å²) in [4.78, 5) is 24.0. The summed E-state index contributed by atoms with van der Waals surface area (Å²) in [5.74, 6) is -4.30. The van der Waals surface area contributed by atoms with Crippen LogP contribution >= 0.6 is 11.6 Å². The van der Waals surface area contributed by atoms with Gasteiger partial charge >= 0.3 is 5.97 Å². The van der Waals surface area contributed by atoms with E-state index in [1.54, 1.807) is 13.8 Å². The molecule has 0 spiro atoms. The number of carboxylic acid groups (broad SMARTS) is 1. The van der Waals surface area contributed by atoms with Gasteiger partial charge < -0.3 is 10.0 Å². The van der Waals surface area contributed by atoms with Gasteiger partial charge in [0, 0.05) is 6.54 Å². The molecule has 0 atom stereocenters. The van der Waals surface area contributed by atoms with Gasteiger partial charge in [0.05, 0.1) is 10.6 Å². The number of carbonyl (C=O) groups excluding carboxylic acids is 1. The molecule has 0 saturated heterocycles. The third-order valence-electron chi connectivity index (χ3n) is 2.44. The molecule has 0 bridgehead atoms.